The fourth-order valence-corrected chi connectivity index (χ4v) is 6.89. The summed E-state index contributed by atoms with van der Waals surface area (Å²) in [5, 5.41) is 7.09. The van der Waals surface area contributed by atoms with E-state index in [1.54, 1.807) is 30.0 Å². The Labute approximate surface area is 232 Å². The van der Waals surface area contributed by atoms with Gasteiger partial charge in [-0.25, -0.2) is 0 Å². The van der Waals surface area contributed by atoms with Gasteiger partial charge in [-0.1, -0.05) is 24.9 Å². The predicted molar refractivity (Wildman–Crippen MR) is 146 cm³/mol. The fraction of sp³-hybridized carbons (Fsp3) is 0.586. The minimum absolute atomic E-state index is 0.0497. The van der Waals surface area contributed by atoms with Gasteiger partial charge in [-0.3, -0.25) is 19.2 Å². The fourth-order valence-electron chi connectivity index (χ4n) is 6.68. The van der Waals surface area contributed by atoms with Crippen LogP contribution in [0.5, 0.6) is 5.75 Å². The van der Waals surface area contributed by atoms with Gasteiger partial charge in [0, 0.05) is 35.8 Å². The van der Waals surface area contributed by atoms with Crippen molar-refractivity contribution in [2.24, 2.45) is 17.8 Å². The number of fused-ring (bicyclic) bond motifs is 2. The molecule has 3 N–H and O–H groups in total. The van der Waals surface area contributed by atoms with Crippen LogP contribution >= 0.6 is 11.6 Å². The molecule has 0 spiro atoms. The first-order valence-corrected chi connectivity index (χ1v) is 14.6. The van der Waals surface area contributed by atoms with Crippen LogP contribution < -0.4 is 15.4 Å². The zero-order valence-electron chi connectivity index (χ0n) is 22.1. The third kappa shape index (κ3) is 5.13. The number of nitrogens with one attached hydrogen (secondary N) is 3. The standard InChI is InChI=1S/C29H35ClN4O5/c1-2-24(35)22(10-15-8-9-31-27(15)36)33-28(37)26-19-5-3-4-16(19)14-34(26)29(38)23-13-20-21(32-23)11-17(30)12-25(20)39-18-6-7-18/h11-13,15-16,18-19,22,26,32H,2-10,14H2,1H3,(H,31,36)(H,33,37). The zero-order valence-corrected chi connectivity index (χ0v) is 22.9. The molecule has 3 amide bonds. The van der Waals surface area contributed by atoms with Gasteiger partial charge in [0.1, 0.15) is 17.5 Å². The molecule has 6 rings (SSSR count). The Morgan fingerprint density at radius 2 is 1.97 bits per heavy atom. The molecule has 0 radical (unpaired) electrons. The summed E-state index contributed by atoms with van der Waals surface area (Å²) in [5.74, 6) is -0.0703. The van der Waals surface area contributed by atoms with E-state index in [4.69, 9.17) is 16.3 Å². The lowest BCUT2D eigenvalue weighted by Gasteiger charge is -2.29. The van der Waals surface area contributed by atoms with Crippen LogP contribution in [0.25, 0.3) is 10.9 Å². The molecule has 2 aliphatic heterocycles. The van der Waals surface area contributed by atoms with Gasteiger partial charge >= 0.3 is 0 Å². The molecule has 2 aliphatic carbocycles. The Kier molecular flexibility index (Phi) is 7.04. The van der Waals surface area contributed by atoms with Crippen LogP contribution in [0.3, 0.4) is 0 Å². The molecule has 4 fully saturated rings. The predicted octanol–water partition coefficient (Wildman–Crippen LogP) is 3.59. The van der Waals surface area contributed by atoms with Crippen LogP contribution in [0.1, 0.15) is 68.8 Å². The Bertz CT molecular complexity index is 1320. The molecule has 0 bridgehead atoms. The molecule has 2 aromatic rings. The lowest BCUT2D eigenvalue weighted by Crippen LogP contribution is -2.53. The number of H-pyrrole nitrogens is 1. The molecule has 10 heteroatoms. The van der Waals surface area contributed by atoms with Crippen molar-refractivity contribution in [3.8, 4) is 5.75 Å². The maximum absolute atomic E-state index is 13.9. The molecular weight excluding hydrogens is 520 g/mol. The van der Waals surface area contributed by atoms with Crippen molar-refractivity contribution in [2.45, 2.75) is 76.5 Å². The van der Waals surface area contributed by atoms with E-state index in [1.807, 2.05) is 0 Å². The van der Waals surface area contributed by atoms with Crippen LogP contribution in [0.2, 0.25) is 5.02 Å². The van der Waals surface area contributed by atoms with Crippen molar-refractivity contribution in [1.82, 2.24) is 20.5 Å². The third-order valence-corrected chi connectivity index (χ3v) is 9.09. The van der Waals surface area contributed by atoms with Crippen LogP contribution in [-0.2, 0) is 14.4 Å². The molecule has 2 saturated carbocycles. The zero-order chi connectivity index (χ0) is 27.3. The highest BCUT2D eigenvalue weighted by Gasteiger charge is 2.50. The number of aromatic amines is 1. The first kappa shape index (κ1) is 26.2. The largest absolute Gasteiger partial charge is 0.490 e. The van der Waals surface area contributed by atoms with Crippen LogP contribution in [0.4, 0.5) is 0 Å². The summed E-state index contributed by atoms with van der Waals surface area (Å²) in [5.41, 5.74) is 1.10. The van der Waals surface area contributed by atoms with Crippen molar-refractivity contribution < 1.29 is 23.9 Å². The monoisotopic (exact) mass is 554 g/mol. The Morgan fingerprint density at radius 3 is 2.69 bits per heavy atom. The molecule has 39 heavy (non-hydrogen) atoms. The molecule has 1 aromatic carbocycles. The molecular formula is C29H35ClN4O5. The summed E-state index contributed by atoms with van der Waals surface area (Å²) in [6, 6.07) is 3.93. The van der Waals surface area contributed by atoms with E-state index in [1.165, 1.54) is 0 Å². The van der Waals surface area contributed by atoms with Crippen molar-refractivity contribution in [3.63, 3.8) is 0 Å². The maximum Gasteiger partial charge on any atom is 0.271 e. The number of nitrogens with zero attached hydrogens (tertiary/aromatic N) is 1. The molecule has 2 saturated heterocycles. The van der Waals surface area contributed by atoms with E-state index < -0.39 is 12.1 Å². The van der Waals surface area contributed by atoms with Crippen LogP contribution in [0, 0.1) is 17.8 Å². The van der Waals surface area contributed by atoms with Crippen LogP contribution in [-0.4, -0.2) is 64.7 Å². The molecule has 9 nitrogen and oxygen atoms in total. The topological polar surface area (TPSA) is 121 Å². The summed E-state index contributed by atoms with van der Waals surface area (Å²) in [4.78, 5) is 57.6. The lowest BCUT2D eigenvalue weighted by molar-refractivity contribution is -0.132. The molecule has 5 unspecified atom stereocenters. The minimum Gasteiger partial charge on any atom is -0.490 e. The number of aromatic nitrogens is 1. The quantitative estimate of drug-likeness (QED) is 0.437. The van der Waals surface area contributed by atoms with Gasteiger partial charge < -0.3 is 25.3 Å². The average Bonchev–Trinajstić information content (AvgIpc) is 3.25. The number of hydrogen-bond acceptors (Lipinski definition) is 5. The summed E-state index contributed by atoms with van der Waals surface area (Å²) >= 11 is 6.33. The smallest absolute Gasteiger partial charge is 0.271 e. The second kappa shape index (κ2) is 10.5. The van der Waals surface area contributed by atoms with Gasteiger partial charge in [-0.2, -0.15) is 0 Å². The second-order valence-electron chi connectivity index (χ2n) is 11.5. The Hall–Kier alpha value is -3.07. The SMILES string of the molecule is CCC(=O)C(CC1CCNC1=O)NC(=O)C1C2CCCC2CN1C(=O)c1cc2c(OC3CC3)cc(Cl)cc2[nH]1. The lowest BCUT2D eigenvalue weighted by atomic mass is 9.91. The van der Waals surface area contributed by atoms with Gasteiger partial charge in [-0.05, 0) is 68.6 Å². The highest BCUT2D eigenvalue weighted by atomic mass is 35.5. The molecule has 208 valence electrons. The number of ketones is 1. The summed E-state index contributed by atoms with van der Waals surface area (Å²) in [6.45, 7) is 2.85. The van der Waals surface area contributed by atoms with E-state index in [-0.39, 0.29) is 60.2 Å². The normalized spacial score (nSPS) is 26.9. The number of hydrogen-bond donors (Lipinski definition) is 3. The van der Waals surface area contributed by atoms with E-state index in [0.717, 1.165) is 37.5 Å². The van der Waals surface area contributed by atoms with Gasteiger partial charge in [0.15, 0.2) is 5.78 Å². The molecule has 5 atom stereocenters. The van der Waals surface area contributed by atoms with Crippen molar-refractivity contribution in [3.05, 3.63) is 28.9 Å². The van der Waals surface area contributed by atoms with Crippen LogP contribution in [0.15, 0.2) is 18.2 Å². The highest BCUT2D eigenvalue weighted by Crippen LogP contribution is 2.43. The number of benzene rings is 1. The van der Waals surface area contributed by atoms with E-state index in [0.29, 0.717) is 41.5 Å². The first-order valence-electron chi connectivity index (χ1n) is 14.2. The molecule has 3 heterocycles. The third-order valence-electron chi connectivity index (χ3n) is 8.87. The Morgan fingerprint density at radius 1 is 1.15 bits per heavy atom. The number of Topliss-reactive ketones (excluding diaryl/α,β-unsaturated/α-hetero) is 1. The van der Waals surface area contributed by atoms with Gasteiger partial charge in [0.05, 0.1) is 17.7 Å². The molecule has 1 aromatic heterocycles. The van der Waals surface area contributed by atoms with Crippen molar-refractivity contribution in [2.75, 3.05) is 13.1 Å². The maximum atomic E-state index is 13.9. The van der Waals surface area contributed by atoms with Crippen molar-refractivity contribution >= 4 is 46.0 Å². The van der Waals surface area contributed by atoms with Gasteiger partial charge in [0.2, 0.25) is 11.8 Å². The number of amides is 3. The summed E-state index contributed by atoms with van der Waals surface area (Å²) in [6.07, 6.45) is 6.25. The number of likely N-dealkylation sites (tertiary alicyclic amines) is 1. The first-order chi connectivity index (χ1) is 18.8. The van der Waals surface area contributed by atoms with E-state index >= 15 is 0 Å². The molecule has 4 aliphatic rings. The number of carbonyl (C=O) groups is 4. The van der Waals surface area contributed by atoms with Crippen molar-refractivity contribution in [1.29, 1.82) is 0 Å². The van der Waals surface area contributed by atoms with E-state index in [9.17, 15) is 19.2 Å². The summed E-state index contributed by atoms with van der Waals surface area (Å²) < 4.78 is 6.04. The number of ether oxygens (including phenoxy) is 1. The number of carbonyl (C=O) groups excluding carboxylic acids is 4. The van der Waals surface area contributed by atoms with E-state index in [2.05, 4.69) is 15.6 Å². The summed E-state index contributed by atoms with van der Waals surface area (Å²) in [7, 11) is 0. The second-order valence-corrected chi connectivity index (χ2v) is 12.0. The average molecular weight is 555 g/mol. The number of rotatable bonds is 9. The number of halogens is 1. The van der Waals surface area contributed by atoms with Gasteiger partial charge in [-0.15, -0.1) is 0 Å². The van der Waals surface area contributed by atoms with Gasteiger partial charge in [0.25, 0.3) is 5.91 Å². The Balaban J connectivity index is 1.25. The minimum atomic E-state index is -0.744. The highest BCUT2D eigenvalue weighted by molar-refractivity contribution is 6.31.